The van der Waals surface area contributed by atoms with Gasteiger partial charge in [-0.2, -0.15) is 0 Å². The molecule has 2 aromatic heterocycles. The highest BCUT2D eigenvalue weighted by molar-refractivity contribution is 5.83. The Morgan fingerprint density at radius 1 is 0.952 bits per heavy atom. The Hall–Kier alpha value is -2.95. The first-order chi connectivity index (χ1) is 10.1. The highest BCUT2D eigenvalue weighted by atomic mass is 15.0. The zero-order valence-corrected chi connectivity index (χ0v) is 11.6. The van der Waals surface area contributed by atoms with Gasteiger partial charge in [0.2, 0.25) is 5.95 Å². The van der Waals surface area contributed by atoms with Crippen LogP contribution in [0.1, 0.15) is 5.69 Å². The lowest BCUT2D eigenvalue weighted by Gasteiger charge is -2.13. The first-order valence-electron chi connectivity index (χ1n) is 6.55. The lowest BCUT2D eigenvalue weighted by Crippen LogP contribution is -2.02. The molecule has 104 valence electrons. The summed E-state index contributed by atoms with van der Waals surface area (Å²) in [7, 11) is 0. The zero-order chi connectivity index (χ0) is 14.8. The molecule has 2 heterocycles. The van der Waals surface area contributed by atoms with Crippen LogP contribution in [-0.4, -0.2) is 15.0 Å². The van der Waals surface area contributed by atoms with Crippen LogP contribution in [0, 0.1) is 6.92 Å². The molecule has 0 aliphatic rings. The van der Waals surface area contributed by atoms with Gasteiger partial charge < -0.3 is 11.5 Å². The maximum Gasteiger partial charge on any atom is 0.220 e. The smallest absolute Gasteiger partial charge is 0.220 e. The van der Waals surface area contributed by atoms with Crippen molar-refractivity contribution in [3.05, 3.63) is 54.5 Å². The van der Waals surface area contributed by atoms with Gasteiger partial charge in [-0.3, -0.25) is 4.98 Å². The molecular formula is C16H15N5. The lowest BCUT2D eigenvalue weighted by molar-refractivity contribution is 1.12. The van der Waals surface area contributed by atoms with E-state index in [4.69, 9.17) is 11.5 Å². The minimum atomic E-state index is 0.249. The quantitative estimate of drug-likeness (QED) is 0.703. The van der Waals surface area contributed by atoms with E-state index in [1.54, 1.807) is 12.4 Å². The third-order valence-corrected chi connectivity index (χ3v) is 3.22. The number of pyridine rings is 1. The summed E-state index contributed by atoms with van der Waals surface area (Å²) in [6.45, 7) is 1.91. The summed E-state index contributed by atoms with van der Waals surface area (Å²) in [5, 5.41) is 0. The molecule has 1 aromatic carbocycles. The predicted octanol–water partition coefficient (Wildman–Crippen LogP) is 2.68. The minimum absolute atomic E-state index is 0.249. The number of rotatable bonds is 2. The Kier molecular flexibility index (Phi) is 3.23. The van der Waals surface area contributed by atoms with Gasteiger partial charge in [0.25, 0.3) is 0 Å². The number of nitrogen functional groups attached to an aromatic ring is 2. The molecule has 0 spiro atoms. The summed E-state index contributed by atoms with van der Waals surface area (Å²) in [6, 6.07) is 11.5. The maximum absolute atomic E-state index is 5.89. The summed E-state index contributed by atoms with van der Waals surface area (Å²) >= 11 is 0. The normalized spacial score (nSPS) is 10.5. The number of anilines is 2. The molecule has 3 rings (SSSR count). The van der Waals surface area contributed by atoms with E-state index in [1.165, 1.54) is 0 Å². The number of nitrogens with two attached hydrogens (primary N) is 2. The van der Waals surface area contributed by atoms with Gasteiger partial charge in [-0.05, 0) is 36.8 Å². The summed E-state index contributed by atoms with van der Waals surface area (Å²) < 4.78 is 0. The molecule has 0 amide bonds. The average molecular weight is 277 g/mol. The van der Waals surface area contributed by atoms with Crippen LogP contribution in [0.15, 0.2) is 48.8 Å². The van der Waals surface area contributed by atoms with Gasteiger partial charge in [-0.25, -0.2) is 9.97 Å². The second-order valence-corrected chi connectivity index (χ2v) is 4.76. The molecule has 5 nitrogen and oxygen atoms in total. The third kappa shape index (κ3) is 2.53. The number of aryl methyl sites for hydroxylation is 1. The van der Waals surface area contributed by atoms with E-state index in [-0.39, 0.29) is 5.95 Å². The van der Waals surface area contributed by atoms with Crippen LogP contribution in [0.2, 0.25) is 0 Å². The topological polar surface area (TPSA) is 90.7 Å². The monoisotopic (exact) mass is 277 g/mol. The number of hydrogen-bond acceptors (Lipinski definition) is 5. The Balaban J connectivity index is 2.29. The molecule has 0 atom stereocenters. The van der Waals surface area contributed by atoms with Crippen molar-refractivity contribution >= 4 is 11.6 Å². The number of nitrogens with zero attached hydrogens (tertiary/aromatic N) is 3. The standard InChI is InChI=1S/C16H15N5/c1-10-14(11-4-2-6-13(17)8-11)15(21-16(18)20-10)12-5-3-7-19-9-12/h2-9H,17H2,1H3,(H2,18,20,21). The average Bonchev–Trinajstić information content (AvgIpc) is 2.47. The van der Waals surface area contributed by atoms with Crippen LogP contribution in [0.5, 0.6) is 0 Å². The van der Waals surface area contributed by atoms with Crippen molar-refractivity contribution in [3.8, 4) is 22.4 Å². The summed E-state index contributed by atoms with van der Waals surface area (Å²) in [5.41, 5.74) is 16.7. The second-order valence-electron chi connectivity index (χ2n) is 4.76. The fourth-order valence-electron chi connectivity index (χ4n) is 2.35. The molecule has 0 aliphatic heterocycles. The fraction of sp³-hybridized carbons (Fsp3) is 0.0625. The largest absolute Gasteiger partial charge is 0.399 e. The van der Waals surface area contributed by atoms with Crippen molar-refractivity contribution in [2.75, 3.05) is 11.5 Å². The zero-order valence-electron chi connectivity index (χ0n) is 11.6. The molecule has 0 fully saturated rings. The number of benzene rings is 1. The van der Waals surface area contributed by atoms with E-state index in [1.807, 2.05) is 43.3 Å². The van der Waals surface area contributed by atoms with Crippen molar-refractivity contribution in [1.29, 1.82) is 0 Å². The Morgan fingerprint density at radius 2 is 1.76 bits per heavy atom. The molecule has 0 saturated heterocycles. The van der Waals surface area contributed by atoms with Gasteiger partial charge in [0.05, 0.1) is 11.4 Å². The first kappa shape index (κ1) is 13.1. The predicted molar refractivity (Wildman–Crippen MR) is 84.3 cm³/mol. The molecule has 0 unspecified atom stereocenters. The highest BCUT2D eigenvalue weighted by Crippen LogP contribution is 2.33. The second kappa shape index (κ2) is 5.20. The minimum Gasteiger partial charge on any atom is -0.399 e. The van der Waals surface area contributed by atoms with E-state index < -0.39 is 0 Å². The van der Waals surface area contributed by atoms with E-state index in [0.29, 0.717) is 5.69 Å². The fourth-order valence-corrected chi connectivity index (χ4v) is 2.35. The maximum atomic E-state index is 5.89. The Morgan fingerprint density at radius 3 is 2.48 bits per heavy atom. The molecule has 0 saturated carbocycles. The van der Waals surface area contributed by atoms with Crippen LogP contribution in [0.4, 0.5) is 11.6 Å². The van der Waals surface area contributed by atoms with Gasteiger partial charge in [-0.15, -0.1) is 0 Å². The number of hydrogen-bond donors (Lipinski definition) is 2. The van der Waals surface area contributed by atoms with Crippen LogP contribution < -0.4 is 11.5 Å². The molecule has 4 N–H and O–H groups in total. The van der Waals surface area contributed by atoms with E-state index in [9.17, 15) is 0 Å². The van der Waals surface area contributed by atoms with Crippen LogP contribution >= 0.6 is 0 Å². The van der Waals surface area contributed by atoms with Gasteiger partial charge in [-0.1, -0.05) is 12.1 Å². The van der Waals surface area contributed by atoms with Gasteiger partial charge in [0.1, 0.15) is 0 Å². The molecule has 0 aliphatic carbocycles. The Bertz CT molecular complexity index is 784. The molecule has 3 aromatic rings. The van der Waals surface area contributed by atoms with Crippen LogP contribution in [-0.2, 0) is 0 Å². The van der Waals surface area contributed by atoms with Gasteiger partial charge in [0, 0.05) is 29.2 Å². The van der Waals surface area contributed by atoms with Gasteiger partial charge in [0.15, 0.2) is 0 Å². The van der Waals surface area contributed by atoms with Crippen LogP contribution in [0.3, 0.4) is 0 Å². The van der Waals surface area contributed by atoms with Crippen LogP contribution in [0.25, 0.3) is 22.4 Å². The third-order valence-electron chi connectivity index (χ3n) is 3.22. The van der Waals surface area contributed by atoms with Crippen molar-refractivity contribution < 1.29 is 0 Å². The van der Waals surface area contributed by atoms with E-state index in [0.717, 1.165) is 28.1 Å². The molecule has 0 bridgehead atoms. The van der Waals surface area contributed by atoms with Crippen molar-refractivity contribution in [2.45, 2.75) is 6.92 Å². The lowest BCUT2D eigenvalue weighted by atomic mass is 9.98. The number of aromatic nitrogens is 3. The Labute approximate surface area is 122 Å². The molecular weight excluding hydrogens is 262 g/mol. The summed E-state index contributed by atoms with van der Waals surface area (Å²) in [4.78, 5) is 12.8. The van der Waals surface area contributed by atoms with Crippen molar-refractivity contribution in [1.82, 2.24) is 15.0 Å². The summed E-state index contributed by atoms with van der Waals surface area (Å²) in [5.74, 6) is 0.249. The molecule has 0 radical (unpaired) electrons. The molecule has 21 heavy (non-hydrogen) atoms. The van der Waals surface area contributed by atoms with Crippen molar-refractivity contribution in [2.24, 2.45) is 0 Å². The van der Waals surface area contributed by atoms with E-state index >= 15 is 0 Å². The summed E-state index contributed by atoms with van der Waals surface area (Å²) in [6.07, 6.45) is 3.48. The molecule has 5 heteroatoms. The first-order valence-corrected chi connectivity index (χ1v) is 6.55. The van der Waals surface area contributed by atoms with Crippen molar-refractivity contribution in [3.63, 3.8) is 0 Å². The van der Waals surface area contributed by atoms with E-state index in [2.05, 4.69) is 15.0 Å². The highest BCUT2D eigenvalue weighted by Gasteiger charge is 2.14. The SMILES string of the molecule is Cc1nc(N)nc(-c2cccnc2)c1-c1cccc(N)c1. The van der Waals surface area contributed by atoms with Gasteiger partial charge >= 0.3 is 0 Å².